The molecule has 1 unspecified atom stereocenters. The van der Waals surface area contributed by atoms with Crippen LogP contribution in [0.2, 0.25) is 0 Å². The highest BCUT2D eigenvalue weighted by Gasteiger charge is 2.30. The molecule has 0 bridgehead atoms. The summed E-state index contributed by atoms with van der Waals surface area (Å²) in [7, 11) is -0.378. The van der Waals surface area contributed by atoms with Gasteiger partial charge in [0.05, 0.1) is 33.1 Å². The monoisotopic (exact) mass is 924 g/mol. The van der Waals surface area contributed by atoms with Gasteiger partial charge in [-0.3, -0.25) is 9.59 Å². The highest BCUT2D eigenvalue weighted by atomic mass is 32.2. The van der Waals surface area contributed by atoms with Gasteiger partial charge in [0.15, 0.2) is 29.4 Å². The van der Waals surface area contributed by atoms with Crippen molar-refractivity contribution in [2.75, 3.05) is 0 Å². The molecular weight excluding hydrogens is 869 g/mol. The van der Waals surface area contributed by atoms with Crippen LogP contribution in [0.15, 0.2) is 248 Å². The van der Waals surface area contributed by atoms with Crippen LogP contribution >= 0.6 is 0 Å². The van der Waals surface area contributed by atoms with Crippen LogP contribution < -0.4 is 18.9 Å². The molecule has 67 heavy (non-hydrogen) atoms. The second kappa shape index (κ2) is 23.4. The predicted octanol–water partition coefficient (Wildman–Crippen LogP) is 15.4. The van der Waals surface area contributed by atoms with Gasteiger partial charge >= 0.3 is 11.9 Å². The van der Waals surface area contributed by atoms with Crippen LogP contribution in [-0.4, -0.2) is 11.9 Å². The number of benzene rings is 8. The van der Waals surface area contributed by atoms with Crippen molar-refractivity contribution in [3.05, 3.63) is 218 Å². The van der Waals surface area contributed by atoms with Crippen LogP contribution in [-0.2, 0) is 31.4 Å². The van der Waals surface area contributed by atoms with E-state index in [1.165, 1.54) is 29.4 Å². The van der Waals surface area contributed by atoms with Gasteiger partial charge in [-0.05, 0) is 172 Å². The van der Waals surface area contributed by atoms with E-state index in [1.54, 1.807) is 24.3 Å². The topological polar surface area (TPSA) is 71.1 Å². The van der Waals surface area contributed by atoms with Gasteiger partial charge in [-0.2, -0.15) is 0 Å². The largest absolute Gasteiger partial charge is 0.457 e. The van der Waals surface area contributed by atoms with Gasteiger partial charge in [0.1, 0.15) is 34.5 Å². The van der Waals surface area contributed by atoms with E-state index < -0.39 is 5.41 Å². The molecule has 8 heteroatoms. The number of ether oxygens (including phenoxy) is 4. The highest BCUT2D eigenvalue weighted by molar-refractivity contribution is 7.97. The third-order valence-electron chi connectivity index (χ3n) is 11.0. The molecule has 338 valence electrons. The summed E-state index contributed by atoms with van der Waals surface area (Å²) in [5.41, 5.74) is -0.505. The summed E-state index contributed by atoms with van der Waals surface area (Å²) >= 11 is 0. The molecule has 6 nitrogen and oxygen atoms in total. The van der Waals surface area contributed by atoms with Crippen molar-refractivity contribution in [1.29, 1.82) is 0 Å². The van der Waals surface area contributed by atoms with E-state index >= 15 is 0 Å². The van der Waals surface area contributed by atoms with E-state index in [-0.39, 0.29) is 39.6 Å². The molecule has 0 aliphatic carbocycles. The Labute approximate surface area is 401 Å². The Hall–Kier alpha value is -7.00. The van der Waals surface area contributed by atoms with Gasteiger partial charge < -0.3 is 18.9 Å². The normalized spacial score (nSPS) is 11.5. The van der Waals surface area contributed by atoms with Crippen molar-refractivity contribution in [3.63, 3.8) is 0 Å². The fraction of sp³-hybridized carbons (Fsp3) is 0.153. The first-order valence-corrected chi connectivity index (χ1v) is 24.9. The third kappa shape index (κ3) is 13.3. The van der Waals surface area contributed by atoms with Crippen molar-refractivity contribution in [1.82, 2.24) is 0 Å². The van der Waals surface area contributed by atoms with E-state index in [4.69, 9.17) is 18.9 Å². The Balaban J connectivity index is 0.000000199. The van der Waals surface area contributed by atoms with Crippen LogP contribution in [0.5, 0.6) is 34.5 Å². The molecule has 8 aromatic carbocycles. The maximum atomic E-state index is 12.3. The molecular formula is C59H56O6S2+2. The number of hydrogen-bond acceptors (Lipinski definition) is 6. The van der Waals surface area contributed by atoms with E-state index in [1.807, 2.05) is 107 Å². The Morgan fingerprint density at radius 1 is 0.403 bits per heavy atom. The summed E-state index contributed by atoms with van der Waals surface area (Å²) in [4.78, 5) is 31.8. The molecule has 0 fully saturated rings. The third-order valence-corrected chi connectivity index (χ3v) is 15.5. The van der Waals surface area contributed by atoms with Crippen molar-refractivity contribution >= 4 is 33.7 Å². The van der Waals surface area contributed by atoms with Crippen LogP contribution in [0.25, 0.3) is 0 Å². The van der Waals surface area contributed by atoms with Gasteiger partial charge in [-0.25, -0.2) is 0 Å². The SMILES string of the molecule is CCC(C)(C)C(=O)Oc1ccc(Oc2ccc([S+](c3ccccc3)c3ccccc3)cc2)cc1.CCC(C)C(=O)Oc1ccc(Oc2ccc([S+](c3ccccc3)c3ccccc3)cc2)cc1. The van der Waals surface area contributed by atoms with E-state index in [2.05, 4.69) is 121 Å². The summed E-state index contributed by atoms with van der Waals surface area (Å²) in [6, 6.07) is 73.0. The van der Waals surface area contributed by atoms with Gasteiger partial charge in [-0.15, -0.1) is 0 Å². The van der Waals surface area contributed by atoms with Gasteiger partial charge in [0.25, 0.3) is 0 Å². The van der Waals surface area contributed by atoms with Crippen LogP contribution in [0, 0.1) is 11.3 Å². The summed E-state index contributed by atoms with van der Waals surface area (Å²) in [6.45, 7) is 9.58. The average molecular weight is 925 g/mol. The van der Waals surface area contributed by atoms with Crippen molar-refractivity contribution in [3.8, 4) is 34.5 Å². The van der Waals surface area contributed by atoms with Crippen LogP contribution in [0.3, 0.4) is 0 Å². The van der Waals surface area contributed by atoms with E-state index in [0.29, 0.717) is 23.0 Å². The molecule has 1 atom stereocenters. The van der Waals surface area contributed by atoms with Crippen molar-refractivity contribution in [2.24, 2.45) is 11.3 Å². The number of rotatable bonds is 16. The zero-order valence-corrected chi connectivity index (χ0v) is 40.2. The molecule has 0 radical (unpaired) electrons. The lowest BCUT2D eigenvalue weighted by atomic mass is 9.91. The fourth-order valence-electron chi connectivity index (χ4n) is 6.53. The Kier molecular flexibility index (Phi) is 16.8. The minimum atomic E-state index is -0.505. The zero-order chi connectivity index (χ0) is 47.0. The van der Waals surface area contributed by atoms with Crippen LogP contribution in [0.1, 0.15) is 47.5 Å². The first kappa shape index (κ1) is 47.9. The van der Waals surface area contributed by atoms with Crippen LogP contribution in [0.4, 0.5) is 0 Å². The van der Waals surface area contributed by atoms with Gasteiger partial charge in [-0.1, -0.05) is 93.6 Å². The number of carbonyl (C=O) groups is 2. The van der Waals surface area contributed by atoms with Crippen molar-refractivity contribution in [2.45, 2.75) is 76.8 Å². The second-order valence-electron chi connectivity index (χ2n) is 16.3. The summed E-state index contributed by atoms with van der Waals surface area (Å²) in [5, 5.41) is 0. The Morgan fingerprint density at radius 2 is 0.672 bits per heavy atom. The Morgan fingerprint density at radius 3 is 0.970 bits per heavy atom. The molecule has 0 saturated carbocycles. The molecule has 8 aromatic rings. The fourth-order valence-corrected chi connectivity index (χ4v) is 10.7. The molecule has 0 heterocycles. The van der Waals surface area contributed by atoms with E-state index in [9.17, 15) is 9.59 Å². The molecule has 8 rings (SSSR count). The molecule has 0 amide bonds. The first-order chi connectivity index (χ1) is 32.6. The number of carbonyl (C=O) groups excluding carboxylic acids is 2. The zero-order valence-electron chi connectivity index (χ0n) is 38.5. The maximum absolute atomic E-state index is 12.3. The highest BCUT2D eigenvalue weighted by Crippen LogP contribution is 2.35. The molecule has 0 aliphatic heterocycles. The lowest BCUT2D eigenvalue weighted by Crippen LogP contribution is -2.28. The molecule has 0 saturated heterocycles. The summed E-state index contributed by atoms with van der Waals surface area (Å²) in [6.07, 6.45) is 1.48. The minimum absolute atomic E-state index is 0.115. The smallest absolute Gasteiger partial charge is 0.316 e. The summed E-state index contributed by atoms with van der Waals surface area (Å²) in [5.74, 6) is 3.37. The lowest BCUT2D eigenvalue weighted by Gasteiger charge is -2.20. The predicted molar refractivity (Wildman–Crippen MR) is 271 cm³/mol. The number of esters is 2. The van der Waals surface area contributed by atoms with Gasteiger partial charge in [0, 0.05) is 0 Å². The van der Waals surface area contributed by atoms with E-state index in [0.717, 1.165) is 24.3 Å². The minimum Gasteiger partial charge on any atom is -0.457 e. The molecule has 0 N–H and O–H groups in total. The molecule has 0 aromatic heterocycles. The first-order valence-electron chi connectivity index (χ1n) is 22.5. The van der Waals surface area contributed by atoms with Gasteiger partial charge in [0.2, 0.25) is 0 Å². The van der Waals surface area contributed by atoms with Crippen molar-refractivity contribution < 1.29 is 28.5 Å². The average Bonchev–Trinajstić information content (AvgIpc) is 3.37. The standard InChI is InChI=1S/C30H29O3S.C29H27O3S/c1-4-30(2,3)29(31)33-25-17-15-23(16-18-25)32-24-19-21-28(22-20-24)34(26-11-7-5-8-12-26)27-13-9-6-10-14-27;1-3-22(2)29(30)32-25-16-14-23(15-17-25)31-24-18-20-28(21-19-24)33(26-10-6-4-7-11-26)27-12-8-5-9-13-27/h5-22H,4H2,1-3H3;4-22H,3H2,1-2H3/q2*+1. The maximum Gasteiger partial charge on any atom is 0.316 e. The quantitative estimate of drug-likeness (QED) is 0.0546. The second-order valence-corrected chi connectivity index (χ2v) is 20.4. The molecule has 0 aliphatic rings. The Bertz CT molecular complexity index is 2670. The summed E-state index contributed by atoms with van der Waals surface area (Å²) < 4.78 is 23.0. The lowest BCUT2D eigenvalue weighted by molar-refractivity contribution is -0.144. The molecule has 0 spiro atoms. The number of hydrogen-bond donors (Lipinski definition) is 0.